The molecule has 0 aliphatic rings. The van der Waals surface area contributed by atoms with Crippen molar-refractivity contribution < 1.29 is 14.2 Å². The SMILES string of the molecule is CCCCCCCCCCCCCCCCCCC(CCCCCCCC)C(OCCCCC)(OCCCCC)OCCCCC. The largest absolute Gasteiger partial charge is 0.327 e. The van der Waals surface area contributed by atoms with E-state index >= 15 is 0 Å². The van der Waals surface area contributed by atoms with Gasteiger partial charge in [-0.3, -0.25) is 0 Å². The first-order valence-electron chi connectivity index (χ1n) is 21.6. The van der Waals surface area contributed by atoms with Crippen molar-refractivity contribution in [3.8, 4) is 0 Å². The summed E-state index contributed by atoms with van der Waals surface area (Å²) in [5, 5.41) is 0. The summed E-state index contributed by atoms with van der Waals surface area (Å²) in [6, 6.07) is 0. The van der Waals surface area contributed by atoms with E-state index in [1.807, 2.05) is 0 Å². The topological polar surface area (TPSA) is 27.7 Å². The van der Waals surface area contributed by atoms with Crippen LogP contribution in [0.1, 0.15) is 247 Å². The standard InChI is InChI=1S/C43H88O3/c1-6-11-16-18-20-21-22-23-24-25-26-27-28-29-31-33-38-42(37-32-30-19-17-12-7-2)43(44-39-34-13-8-3,45-40-35-14-9-4)46-41-36-15-10-5/h42H,6-41H2,1-5H3. The van der Waals surface area contributed by atoms with E-state index < -0.39 is 5.97 Å². The van der Waals surface area contributed by atoms with E-state index in [1.165, 1.54) is 193 Å². The van der Waals surface area contributed by atoms with Gasteiger partial charge >= 0.3 is 0 Å². The fourth-order valence-electron chi connectivity index (χ4n) is 6.79. The van der Waals surface area contributed by atoms with E-state index in [1.54, 1.807) is 0 Å². The van der Waals surface area contributed by atoms with E-state index in [0.29, 0.717) is 5.92 Å². The van der Waals surface area contributed by atoms with Gasteiger partial charge < -0.3 is 14.2 Å². The molecule has 0 aromatic rings. The Labute approximate surface area is 291 Å². The van der Waals surface area contributed by atoms with Gasteiger partial charge in [0.05, 0.1) is 19.8 Å². The van der Waals surface area contributed by atoms with Crippen LogP contribution in [0.25, 0.3) is 0 Å². The smallest absolute Gasteiger partial charge is 0.285 e. The molecule has 1 unspecified atom stereocenters. The fraction of sp³-hybridized carbons (Fsp3) is 1.00. The molecule has 3 heteroatoms. The fourth-order valence-corrected chi connectivity index (χ4v) is 6.79. The Morgan fingerprint density at radius 3 is 0.761 bits per heavy atom. The van der Waals surface area contributed by atoms with Gasteiger partial charge in [-0.25, -0.2) is 0 Å². The molecule has 0 aliphatic carbocycles. The van der Waals surface area contributed by atoms with E-state index in [2.05, 4.69) is 34.6 Å². The lowest BCUT2D eigenvalue weighted by Crippen LogP contribution is -2.47. The minimum absolute atomic E-state index is 0.329. The lowest BCUT2D eigenvalue weighted by molar-refractivity contribution is -0.407. The molecule has 0 radical (unpaired) electrons. The molecule has 0 aliphatic heterocycles. The predicted molar refractivity (Wildman–Crippen MR) is 205 cm³/mol. The van der Waals surface area contributed by atoms with Crippen LogP contribution in [0.4, 0.5) is 0 Å². The van der Waals surface area contributed by atoms with Crippen LogP contribution in [0.3, 0.4) is 0 Å². The third kappa shape index (κ3) is 28.9. The number of rotatable bonds is 40. The van der Waals surface area contributed by atoms with Gasteiger partial charge in [0, 0.05) is 5.92 Å². The van der Waals surface area contributed by atoms with Crippen molar-refractivity contribution in [1.29, 1.82) is 0 Å². The summed E-state index contributed by atoms with van der Waals surface area (Å²) < 4.78 is 20.4. The molecule has 0 saturated heterocycles. The maximum absolute atomic E-state index is 6.78. The second-order valence-corrected chi connectivity index (χ2v) is 14.6. The first-order valence-corrected chi connectivity index (χ1v) is 21.6. The molecule has 0 rings (SSSR count). The highest BCUT2D eigenvalue weighted by Crippen LogP contribution is 2.36. The third-order valence-electron chi connectivity index (χ3n) is 9.97. The quantitative estimate of drug-likeness (QED) is 0.0487. The Morgan fingerprint density at radius 1 is 0.283 bits per heavy atom. The zero-order valence-corrected chi connectivity index (χ0v) is 32.8. The van der Waals surface area contributed by atoms with Gasteiger partial charge in [0.1, 0.15) is 0 Å². The van der Waals surface area contributed by atoms with Crippen LogP contribution in [0.15, 0.2) is 0 Å². The first-order chi connectivity index (χ1) is 22.7. The van der Waals surface area contributed by atoms with Gasteiger partial charge in [0.2, 0.25) is 0 Å². The Bertz CT molecular complexity index is 519. The molecule has 278 valence electrons. The Hall–Kier alpha value is -0.120. The van der Waals surface area contributed by atoms with Crippen LogP contribution in [-0.2, 0) is 14.2 Å². The summed E-state index contributed by atoms with van der Waals surface area (Å²) >= 11 is 0. The van der Waals surface area contributed by atoms with E-state index in [9.17, 15) is 0 Å². The van der Waals surface area contributed by atoms with Crippen LogP contribution in [0, 0.1) is 5.92 Å². The predicted octanol–water partition coefficient (Wildman–Crippen LogP) is 15.3. The van der Waals surface area contributed by atoms with Gasteiger partial charge in [0.15, 0.2) is 0 Å². The van der Waals surface area contributed by atoms with Crippen molar-refractivity contribution in [2.75, 3.05) is 19.8 Å². The molecule has 46 heavy (non-hydrogen) atoms. The number of unbranched alkanes of at least 4 members (excludes halogenated alkanes) is 26. The molecular weight excluding hydrogens is 564 g/mol. The third-order valence-corrected chi connectivity index (χ3v) is 9.97. The maximum Gasteiger partial charge on any atom is 0.285 e. The molecule has 0 bridgehead atoms. The maximum atomic E-state index is 6.78. The van der Waals surface area contributed by atoms with Crippen LogP contribution in [0.5, 0.6) is 0 Å². The highest BCUT2D eigenvalue weighted by Gasteiger charge is 2.42. The average Bonchev–Trinajstić information content (AvgIpc) is 3.07. The molecule has 0 aromatic carbocycles. The van der Waals surface area contributed by atoms with E-state index in [-0.39, 0.29) is 0 Å². The Kier molecular flexibility index (Phi) is 37.6. The molecule has 1 atom stereocenters. The van der Waals surface area contributed by atoms with E-state index in [4.69, 9.17) is 14.2 Å². The highest BCUT2D eigenvalue weighted by atomic mass is 16.9. The molecule has 3 nitrogen and oxygen atoms in total. The molecule has 0 heterocycles. The molecule has 0 spiro atoms. The molecule has 0 fully saturated rings. The van der Waals surface area contributed by atoms with E-state index in [0.717, 1.165) is 39.1 Å². The van der Waals surface area contributed by atoms with Crippen molar-refractivity contribution in [2.45, 2.75) is 252 Å². The van der Waals surface area contributed by atoms with Crippen molar-refractivity contribution >= 4 is 0 Å². The van der Waals surface area contributed by atoms with Gasteiger partial charge in [-0.2, -0.15) is 0 Å². The monoisotopic (exact) mass is 653 g/mol. The zero-order valence-electron chi connectivity index (χ0n) is 32.8. The minimum atomic E-state index is -0.853. The molecule has 0 aromatic heterocycles. The molecule has 0 amide bonds. The summed E-state index contributed by atoms with van der Waals surface area (Å²) in [6.07, 6.45) is 43.6. The van der Waals surface area contributed by atoms with Crippen molar-refractivity contribution in [3.05, 3.63) is 0 Å². The van der Waals surface area contributed by atoms with Crippen LogP contribution in [-0.4, -0.2) is 25.8 Å². The van der Waals surface area contributed by atoms with Crippen molar-refractivity contribution in [3.63, 3.8) is 0 Å². The van der Waals surface area contributed by atoms with Crippen LogP contribution < -0.4 is 0 Å². The second-order valence-electron chi connectivity index (χ2n) is 14.6. The van der Waals surface area contributed by atoms with Crippen LogP contribution >= 0.6 is 0 Å². The van der Waals surface area contributed by atoms with Gasteiger partial charge in [0.25, 0.3) is 5.97 Å². The lowest BCUT2D eigenvalue weighted by Gasteiger charge is -2.40. The number of ether oxygens (including phenoxy) is 3. The molecule has 0 N–H and O–H groups in total. The summed E-state index contributed by atoms with van der Waals surface area (Å²) in [5.41, 5.74) is 0. The molecular formula is C43H88O3. The zero-order chi connectivity index (χ0) is 33.7. The normalized spacial score (nSPS) is 12.7. The highest BCUT2D eigenvalue weighted by molar-refractivity contribution is 4.74. The van der Waals surface area contributed by atoms with Crippen molar-refractivity contribution in [2.24, 2.45) is 5.92 Å². The van der Waals surface area contributed by atoms with Crippen LogP contribution in [0.2, 0.25) is 0 Å². The van der Waals surface area contributed by atoms with Gasteiger partial charge in [-0.15, -0.1) is 0 Å². The lowest BCUT2D eigenvalue weighted by atomic mass is 9.91. The summed E-state index contributed by atoms with van der Waals surface area (Å²) in [4.78, 5) is 0. The summed E-state index contributed by atoms with van der Waals surface area (Å²) in [6.45, 7) is 13.7. The van der Waals surface area contributed by atoms with Gasteiger partial charge in [-0.05, 0) is 32.1 Å². The molecule has 0 saturated carbocycles. The minimum Gasteiger partial charge on any atom is -0.327 e. The summed E-state index contributed by atoms with van der Waals surface area (Å²) in [7, 11) is 0. The first kappa shape index (κ1) is 45.9. The van der Waals surface area contributed by atoms with Gasteiger partial charge in [-0.1, -0.05) is 214 Å². The second kappa shape index (κ2) is 37.7. The number of hydrogen-bond acceptors (Lipinski definition) is 3. The van der Waals surface area contributed by atoms with Crippen molar-refractivity contribution in [1.82, 2.24) is 0 Å². The Morgan fingerprint density at radius 2 is 0.500 bits per heavy atom. The Balaban J connectivity index is 4.92. The number of hydrogen-bond donors (Lipinski definition) is 0. The summed E-state index contributed by atoms with van der Waals surface area (Å²) in [5.74, 6) is -0.524. The average molecular weight is 653 g/mol.